The molecule has 0 saturated carbocycles. The third-order valence-electron chi connectivity index (χ3n) is 5.55. The standard InChI is InChI=1S/C23H30FN3O4S/c1-3-27(4-2)32(29,30)22-17-19(7-10-21(22)24)23(28)25-20-8-5-18(6-9-20)11-12-26-13-15-31-16-14-26/h5-10,17H,3-4,11-16H2,1-2H3,(H,25,28). The molecule has 0 radical (unpaired) electrons. The van der Waals surface area contributed by atoms with E-state index >= 15 is 0 Å². The van der Waals surface area contributed by atoms with E-state index in [1.54, 1.807) is 13.8 Å². The van der Waals surface area contributed by atoms with Crippen molar-refractivity contribution in [1.82, 2.24) is 9.21 Å². The van der Waals surface area contributed by atoms with Crippen molar-refractivity contribution in [2.75, 3.05) is 51.3 Å². The molecular formula is C23H30FN3O4S. The highest BCUT2D eigenvalue weighted by Gasteiger charge is 2.26. The van der Waals surface area contributed by atoms with Gasteiger partial charge in [-0.05, 0) is 42.3 Å². The van der Waals surface area contributed by atoms with E-state index in [2.05, 4.69) is 10.2 Å². The number of hydrogen-bond donors (Lipinski definition) is 1. The fourth-order valence-corrected chi connectivity index (χ4v) is 5.16. The molecule has 0 bridgehead atoms. The second-order valence-corrected chi connectivity index (χ2v) is 9.50. The first kappa shape index (κ1) is 24.3. The summed E-state index contributed by atoms with van der Waals surface area (Å²) < 4.78 is 46.2. The third kappa shape index (κ3) is 5.92. The summed E-state index contributed by atoms with van der Waals surface area (Å²) in [6.07, 6.45) is 0.902. The largest absolute Gasteiger partial charge is 0.379 e. The number of benzene rings is 2. The Balaban J connectivity index is 1.66. The number of hydrogen-bond acceptors (Lipinski definition) is 5. The molecular weight excluding hydrogens is 433 g/mol. The van der Waals surface area contributed by atoms with Crippen molar-refractivity contribution in [3.63, 3.8) is 0 Å². The molecule has 2 aromatic carbocycles. The van der Waals surface area contributed by atoms with Crippen molar-refractivity contribution in [3.05, 3.63) is 59.4 Å². The maximum absolute atomic E-state index is 14.3. The van der Waals surface area contributed by atoms with Gasteiger partial charge in [0.2, 0.25) is 10.0 Å². The second kappa shape index (κ2) is 11.0. The normalized spacial score (nSPS) is 15.1. The molecule has 1 fully saturated rings. The maximum atomic E-state index is 14.3. The quantitative estimate of drug-likeness (QED) is 0.619. The van der Waals surface area contributed by atoms with Crippen LogP contribution >= 0.6 is 0 Å². The van der Waals surface area contributed by atoms with Gasteiger partial charge in [-0.25, -0.2) is 12.8 Å². The maximum Gasteiger partial charge on any atom is 0.255 e. The summed E-state index contributed by atoms with van der Waals surface area (Å²) in [6.45, 7) is 8.17. The summed E-state index contributed by atoms with van der Waals surface area (Å²) in [5, 5.41) is 2.75. The van der Waals surface area contributed by atoms with Gasteiger partial charge in [0, 0.05) is 44.0 Å². The summed E-state index contributed by atoms with van der Waals surface area (Å²) in [4.78, 5) is 14.5. The van der Waals surface area contributed by atoms with Crippen molar-refractivity contribution in [2.45, 2.75) is 25.2 Å². The minimum Gasteiger partial charge on any atom is -0.379 e. The van der Waals surface area contributed by atoms with Crippen LogP contribution < -0.4 is 5.32 Å². The van der Waals surface area contributed by atoms with Crippen LogP contribution in [0.4, 0.5) is 10.1 Å². The number of anilines is 1. The Morgan fingerprint density at radius 1 is 1.09 bits per heavy atom. The molecule has 1 N–H and O–H groups in total. The lowest BCUT2D eigenvalue weighted by Crippen LogP contribution is -2.37. The van der Waals surface area contributed by atoms with Gasteiger partial charge in [0.05, 0.1) is 13.2 Å². The Morgan fingerprint density at radius 2 is 1.75 bits per heavy atom. The van der Waals surface area contributed by atoms with Crippen molar-refractivity contribution in [2.24, 2.45) is 0 Å². The molecule has 1 amide bonds. The van der Waals surface area contributed by atoms with Crippen LogP contribution in [0.3, 0.4) is 0 Å². The highest BCUT2D eigenvalue weighted by atomic mass is 32.2. The number of ether oxygens (including phenoxy) is 1. The van der Waals surface area contributed by atoms with Gasteiger partial charge in [0.15, 0.2) is 0 Å². The lowest BCUT2D eigenvalue weighted by Gasteiger charge is -2.26. The van der Waals surface area contributed by atoms with Crippen molar-refractivity contribution >= 4 is 21.6 Å². The van der Waals surface area contributed by atoms with E-state index in [9.17, 15) is 17.6 Å². The zero-order chi connectivity index (χ0) is 23.1. The number of rotatable bonds is 9. The van der Waals surface area contributed by atoms with Crippen LogP contribution in [0.25, 0.3) is 0 Å². The van der Waals surface area contributed by atoms with Crippen molar-refractivity contribution in [3.8, 4) is 0 Å². The summed E-state index contributed by atoms with van der Waals surface area (Å²) in [6, 6.07) is 10.9. The lowest BCUT2D eigenvalue weighted by atomic mass is 10.1. The molecule has 0 atom stereocenters. The molecule has 32 heavy (non-hydrogen) atoms. The molecule has 7 nitrogen and oxygen atoms in total. The van der Waals surface area contributed by atoms with Crippen LogP contribution in [0.2, 0.25) is 0 Å². The van der Waals surface area contributed by atoms with Gasteiger partial charge in [0.25, 0.3) is 5.91 Å². The fraction of sp³-hybridized carbons (Fsp3) is 0.435. The van der Waals surface area contributed by atoms with Crippen LogP contribution in [0.5, 0.6) is 0 Å². The van der Waals surface area contributed by atoms with E-state index in [1.807, 2.05) is 24.3 Å². The molecule has 1 heterocycles. The first-order chi connectivity index (χ1) is 15.3. The van der Waals surface area contributed by atoms with E-state index < -0.39 is 26.6 Å². The summed E-state index contributed by atoms with van der Waals surface area (Å²) in [5.41, 5.74) is 1.82. The van der Waals surface area contributed by atoms with Gasteiger partial charge >= 0.3 is 0 Å². The predicted molar refractivity (Wildman–Crippen MR) is 122 cm³/mol. The van der Waals surface area contributed by atoms with Crippen LogP contribution in [0.1, 0.15) is 29.8 Å². The molecule has 0 aliphatic carbocycles. The van der Waals surface area contributed by atoms with Gasteiger partial charge in [-0.2, -0.15) is 4.31 Å². The summed E-state index contributed by atoms with van der Waals surface area (Å²) in [7, 11) is -4.02. The number of nitrogens with one attached hydrogen (secondary N) is 1. The minimum atomic E-state index is -4.02. The molecule has 3 rings (SSSR count). The van der Waals surface area contributed by atoms with Crippen LogP contribution in [-0.2, 0) is 21.2 Å². The first-order valence-electron chi connectivity index (χ1n) is 10.8. The number of amides is 1. The Bertz CT molecular complexity index is 1020. The molecule has 174 valence electrons. The third-order valence-corrected chi connectivity index (χ3v) is 7.61. The highest BCUT2D eigenvalue weighted by Crippen LogP contribution is 2.22. The zero-order valence-electron chi connectivity index (χ0n) is 18.5. The van der Waals surface area contributed by atoms with Crippen LogP contribution in [-0.4, -0.2) is 69.5 Å². The molecule has 1 aliphatic heterocycles. The number of morpholine rings is 1. The van der Waals surface area contributed by atoms with Gasteiger partial charge in [-0.15, -0.1) is 0 Å². The molecule has 1 aliphatic rings. The molecule has 2 aromatic rings. The molecule has 0 spiro atoms. The molecule has 0 unspecified atom stereocenters. The van der Waals surface area contributed by atoms with Crippen LogP contribution in [0, 0.1) is 5.82 Å². The molecule has 0 aromatic heterocycles. The van der Waals surface area contributed by atoms with Gasteiger partial charge in [0.1, 0.15) is 10.7 Å². The minimum absolute atomic E-state index is 0.0773. The average Bonchev–Trinajstić information content (AvgIpc) is 2.80. The lowest BCUT2D eigenvalue weighted by molar-refractivity contribution is 0.0384. The van der Waals surface area contributed by atoms with Gasteiger partial charge in [-0.3, -0.25) is 9.69 Å². The molecule has 1 saturated heterocycles. The van der Waals surface area contributed by atoms with E-state index in [1.165, 1.54) is 6.07 Å². The van der Waals surface area contributed by atoms with Gasteiger partial charge in [-0.1, -0.05) is 26.0 Å². The summed E-state index contributed by atoms with van der Waals surface area (Å²) in [5.74, 6) is -1.37. The van der Waals surface area contributed by atoms with Crippen molar-refractivity contribution in [1.29, 1.82) is 0 Å². The Morgan fingerprint density at radius 3 is 2.38 bits per heavy atom. The first-order valence-corrected chi connectivity index (χ1v) is 12.3. The average molecular weight is 464 g/mol. The van der Waals surface area contributed by atoms with Crippen LogP contribution in [0.15, 0.2) is 47.4 Å². The SMILES string of the molecule is CCN(CC)S(=O)(=O)c1cc(C(=O)Nc2ccc(CCN3CCOCC3)cc2)ccc1F. The van der Waals surface area contributed by atoms with E-state index in [0.717, 1.165) is 61.3 Å². The summed E-state index contributed by atoms with van der Waals surface area (Å²) >= 11 is 0. The number of nitrogens with zero attached hydrogens (tertiary/aromatic N) is 2. The Hall–Kier alpha value is -2.33. The second-order valence-electron chi connectivity index (χ2n) is 7.59. The highest BCUT2D eigenvalue weighted by molar-refractivity contribution is 7.89. The fourth-order valence-electron chi connectivity index (χ4n) is 3.61. The van der Waals surface area contributed by atoms with E-state index in [-0.39, 0.29) is 18.7 Å². The monoisotopic (exact) mass is 463 g/mol. The Labute approximate surface area is 189 Å². The topological polar surface area (TPSA) is 79.0 Å². The number of carbonyl (C=O) groups is 1. The molecule has 9 heteroatoms. The number of sulfonamides is 1. The van der Waals surface area contributed by atoms with E-state index in [4.69, 9.17) is 4.74 Å². The van der Waals surface area contributed by atoms with Crippen molar-refractivity contribution < 1.29 is 22.3 Å². The predicted octanol–water partition coefficient (Wildman–Crippen LogP) is 2.98. The van der Waals surface area contributed by atoms with Gasteiger partial charge < -0.3 is 10.1 Å². The van der Waals surface area contributed by atoms with E-state index in [0.29, 0.717) is 5.69 Å². The Kier molecular flexibility index (Phi) is 8.36. The number of halogens is 1. The number of carbonyl (C=O) groups excluding carboxylic acids is 1. The smallest absolute Gasteiger partial charge is 0.255 e. The zero-order valence-corrected chi connectivity index (χ0v) is 19.3.